The maximum atomic E-state index is 3.80. The summed E-state index contributed by atoms with van der Waals surface area (Å²) in [5.74, 6) is 1.82. The first-order valence-electron chi connectivity index (χ1n) is 5.18. The van der Waals surface area contributed by atoms with Crippen molar-refractivity contribution in [3.63, 3.8) is 0 Å². The van der Waals surface area contributed by atoms with Gasteiger partial charge >= 0.3 is 0 Å². The highest BCUT2D eigenvalue weighted by Crippen LogP contribution is 2.22. The molecule has 0 spiro atoms. The summed E-state index contributed by atoms with van der Waals surface area (Å²) in [7, 11) is 0. The summed E-state index contributed by atoms with van der Waals surface area (Å²) in [5.41, 5.74) is 0. The maximum Gasteiger partial charge on any atom is 0.0896 e. The van der Waals surface area contributed by atoms with Gasteiger partial charge in [0.05, 0.1) is 12.6 Å². The Hall–Kier alpha value is -0.0100. The van der Waals surface area contributed by atoms with Crippen LogP contribution in [-0.2, 0) is 0 Å². The Morgan fingerprint density at radius 3 is 2.77 bits per heavy atom. The van der Waals surface area contributed by atoms with Crippen LogP contribution < -0.4 is 17.7 Å². The van der Waals surface area contributed by atoms with Crippen LogP contribution in [0, 0.1) is 11.8 Å². The number of halogens is 1. The molecular weight excluding hydrogens is 182 g/mol. The minimum atomic E-state index is 0. The Morgan fingerprint density at radius 1 is 1.54 bits per heavy atom. The van der Waals surface area contributed by atoms with Gasteiger partial charge in [0.15, 0.2) is 0 Å². The van der Waals surface area contributed by atoms with Gasteiger partial charge in [0, 0.05) is 12.8 Å². The molecule has 1 saturated heterocycles. The topological polar surface area (TPSA) is 16.6 Å². The zero-order chi connectivity index (χ0) is 8.97. The molecule has 0 bridgehead atoms. The van der Waals surface area contributed by atoms with Crippen LogP contribution in [0.15, 0.2) is 12.7 Å². The fourth-order valence-corrected chi connectivity index (χ4v) is 2.16. The molecule has 0 unspecified atom stereocenters. The Labute approximate surface area is 88.4 Å². The van der Waals surface area contributed by atoms with Crippen LogP contribution >= 0.6 is 0 Å². The third-order valence-electron chi connectivity index (χ3n) is 3.06. The first-order chi connectivity index (χ1) is 5.74. The molecule has 1 nitrogen and oxygen atoms in total. The van der Waals surface area contributed by atoms with Crippen molar-refractivity contribution in [2.24, 2.45) is 11.8 Å². The van der Waals surface area contributed by atoms with E-state index in [1.165, 1.54) is 25.8 Å². The van der Waals surface area contributed by atoms with E-state index < -0.39 is 0 Å². The number of rotatable bonds is 3. The molecule has 0 aromatic carbocycles. The molecule has 78 valence electrons. The number of hydrogen-bond donors (Lipinski definition) is 1. The summed E-state index contributed by atoms with van der Waals surface area (Å²) in [6.45, 7) is 9.82. The lowest BCUT2D eigenvalue weighted by Gasteiger charge is -2.29. The van der Waals surface area contributed by atoms with Crippen LogP contribution in [0.25, 0.3) is 0 Å². The molecule has 0 aromatic rings. The molecule has 0 aromatic heterocycles. The molecule has 2 atom stereocenters. The van der Waals surface area contributed by atoms with Crippen molar-refractivity contribution < 1.29 is 17.7 Å². The average Bonchev–Trinajstić information content (AvgIpc) is 2.05. The second kappa shape index (κ2) is 6.44. The molecule has 0 amide bonds. The van der Waals surface area contributed by atoms with Crippen molar-refractivity contribution in [1.29, 1.82) is 0 Å². The highest BCUT2D eigenvalue weighted by atomic mass is 35.5. The van der Waals surface area contributed by atoms with Gasteiger partial charge in [-0.3, -0.25) is 0 Å². The third-order valence-corrected chi connectivity index (χ3v) is 3.06. The van der Waals surface area contributed by atoms with E-state index in [9.17, 15) is 0 Å². The van der Waals surface area contributed by atoms with E-state index in [1.807, 2.05) is 0 Å². The maximum absolute atomic E-state index is 3.80. The fraction of sp³-hybridized carbons (Fsp3) is 0.818. The lowest BCUT2D eigenvalue weighted by atomic mass is 9.83. The Morgan fingerprint density at radius 2 is 2.23 bits per heavy atom. The zero-order valence-corrected chi connectivity index (χ0v) is 9.56. The first-order valence-corrected chi connectivity index (χ1v) is 5.18. The van der Waals surface area contributed by atoms with Gasteiger partial charge < -0.3 is 17.7 Å². The van der Waals surface area contributed by atoms with Crippen LogP contribution in [0.4, 0.5) is 0 Å². The van der Waals surface area contributed by atoms with E-state index in [-0.39, 0.29) is 12.4 Å². The molecule has 13 heavy (non-hydrogen) atoms. The summed E-state index contributed by atoms with van der Waals surface area (Å²) in [5, 5.41) is 2.49. The van der Waals surface area contributed by atoms with Crippen molar-refractivity contribution in [2.75, 3.05) is 6.54 Å². The number of nitrogens with two attached hydrogens (primary N) is 1. The third kappa shape index (κ3) is 4.15. The van der Waals surface area contributed by atoms with Gasteiger partial charge in [0.1, 0.15) is 0 Å². The normalized spacial score (nSPS) is 28.2. The van der Waals surface area contributed by atoms with Crippen molar-refractivity contribution in [2.45, 2.75) is 39.2 Å². The molecule has 1 heterocycles. The van der Waals surface area contributed by atoms with Gasteiger partial charge in [-0.2, -0.15) is 0 Å². The zero-order valence-electron chi connectivity index (χ0n) is 8.80. The Bertz CT molecular complexity index is 145. The fourth-order valence-electron chi connectivity index (χ4n) is 2.16. The minimum Gasteiger partial charge on any atom is -1.00 e. The van der Waals surface area contributed by atoms with Crippen LogP contribution in [0.1, 0.15) is 33.1 Å². The van der Waals surface area contributed by atoms with Crippen LogP contribution in [0.5, 0.6) is 0 Å². The summed E-state index contributed by atoms with van der Waals surface area (Å²) in [4.78, 5) is 0. The van der Waals surface area contributed by atoms with Crippen molar-refractivity contribution in [1.82, 2.24) is 0 Å². The van der Waals surface area contributed by atoms with E-state index in [0.717, 1.165) is 17.9 Å². The second-order valence-corrected chi connectivity index (χ2v) is 4.34. The van der Waals surface area contributed by atoms with Gasteiger partial charge in [-0.1, -0.05) is 19.9 Å². The predicted molar refractivity (Wildman–Crippen MR) is 53.0 cm³/mol. The highest BCUT2D eigenvalue weighted by Gasteiger charge is 2.25. The standard InChI is InChI=1S/C11H21N.ClH/c1-4-5-11-8-10(9(2)3)6-7-12-11;/h4,9-12H,1,5-8H2,2-3H3;1H/t10-,11+;/m1./s1. The summed E-state index contributed by atoms with van der Waals surface area (Å²) in [6.07, 6.45) is 6.04. The Kier molecular flexibility index (Phi) is 6.44. The molecule has 1 rings (SSSR count). The molecule has 2 N–H and O–H groups in total. The average molecular weight is 204 g/mol. The van der Waals surface area contributed by atoms with E-state index in [2.05, 4.69) is 31.8 Å². The predicted octanol–water partition coefficient (Wildman–Crippen LogP) is -1.44. The van der Waals surface area contributed by atoms with Crippen molar-refractivity contribution >= 4 is 0 Å². The van der Waals surface area contributed by atoms with Crippen LogP contribution in [0.3, 0.4) is 0 Å². The number of piperidine rings is 1. The van der Waals surface area contributed by atoms with E-state index in [4.69, 9.17) is 0 Å². The van der Waals surface area contributed by atoms with Crippen molar-refractivity contribution in [3.8, 4) is 0 Å². The summed E-state index contributed by atoms with van der Waals surface area (Å²) < 4.78 is 0. The van der Waals surface area contributed by atoms with E-state index in [1.54, 1.807) is 0 Å². The highest BCUT2D eigenvalue weighted by molar-refractivity contribution is 4.77. The molecular formula is C11H22ClN. The van der Waals surface area contributed by atoms with E-state index in [0.29, 0.717) is 0 Å². The molecule has 1 fully saturated rings. The molecule has 1 aliphatic heterocycles. The van der Waals surface area contributed by atoms with Crippen LogP contribution in [0.2, 0.25) is 0 Å². The first kappa shape index (κ1) is 13.0. The van der Waals surface area contributed by atoms with Gasteiger partial charge in [-0.15, -0.1) is 6.58 Å². The second-order valence-electron chi connectivity index (χ2n) is 4.34. The Balaban J connectivity index is 0.00000144. The largest absolute Gasteiger partial charge is 1.00 e. The van der Waals surface area contributed by atoms with E-state index >= 15 is 0 Å². The van der Waals surface area contributed by atoms with Gasteiger partial charge in [-0.05, 0) is 18.3 Å². The van der Waals surface area contributed by atoms with Crippen LogP contribution in [-0.4, -0.2) is 12.6 Å². The SMILES string of the molecule is C=CC[C@H]1C[C@H](C(C)C)CC[NH2+]1.[Cl-]. The number of quaternary nitrogens is 1. The lowest BCUT2D eigenvalue weighted by Crippen LogP contribution is -3.00. The molecule has 0 aliphatic carbocycles. The summed E-state index contributed by atoms with van der Waals surface area (Å²) >= 11 is 0. The quantitative estimate of drug-likeness (QED) is 0.542. The van der Waals surface area contributed by atoms with Gasteiger partial charge in [0.2, 0.25) is 0 Å². The smallest absolute Gasteiger partial charge is 0.0896 e. The van der Waals surface area contributed by atoms with Gasteiger partial charge in [0.25, 0.3) is 0 Å². The molecule has 1 aliphatic rings. The molecule has 0 radical (unpaired) electrons. The summed E-state index contributed by atoms with van der Waals surface area (Å²) in [6, 6.07) is 0.823. The van der Waals surface area contributed by atoms with Gasteiger partial charge in [-0.25, -0.2) is 0 Å². The molecule has 0 saturated carbocycles. The number of hydrogen-bond acceptors (Lipinski definition) is 0. The lowest BCUT2D eigenvalue weighted by molar-refractivity contribution is -0.699. The molecule has 2 heteroatoms. The van der Waals surface area contributed by atoms with Crippen molar-refractivity contribution in [3.05, 3.63) is 12.7 Å². The monoisotopic (exact) mass is 203 g/mol. The minimum absolute atomic E-state index is 0.